The molecule has 2 aromatic carbocycles. The van der Waals surface area contributed by atoms with Crippen molar-refractivity contribution in [2.45, 2.75) is 33.2 Å². The second kappa shape index (κ2) is 12.0. The first kappa shape index (κ1) is 27.9. The molecule has 1 fully saturated rings. The summed E-state index contributed by atoms with van der Waals surface area (Å²) in [5.74, 6) is -1.10. The monoisotopic (exact) mass is 512 g/mol. The molecule has 1 aliphatic heterocycles. The van der Waals surface area contributed by atoms with E-state index in [0.717, 1.165) is 25.2 Å². The van der Waals surface area contributed by atoms with Gasteiger partial charge in [-0.15, -0.1) is 0 Å². The number of hydrogen-bond donors (Lipinski definition) is 2. The molecule has 0 bridgehead atoms. The zero-order chi connectivity index (χ0) is 27.3. The number of aliphatic hydroxyl groups excluding tert-OH is 1. The van der Waals surface area contributed by atoms with Crippen LogP contribution in [-0.4, -0.2) is 79.2 Å². The maximum Gasteiger partial charge on any atom is 0.295 e. The number of hydrogen-bond acceptors (Lipinski definition) is 8. The average Bonchev–Trinajstić information content (AvgIpc) is 3.16. The number of methoxy groups -OCH3 is 3. The first-order chi connectivity index (χ1) is 17.7. The molecule has 1 aliphatic rings. The van der Waals surface area contributed by atoms with Crippen molar-refractivity contribution in [3.63, 3.8) is 0 Å². The Bertz CT molecular complexity index is 1160. The zero-order valence-electron chi connectivity index (χ0n) is 22.3. The number of ketones is 1. The highest BCUT2D eigenvalue weighted by Gasteiger charge is 2.46. The van der Waals surface area contributed by atoms with Crippen LogP contribution in [0, 0.1) is 6.92 Å². The van der Waals surface area contributed by atoms with E-state index < -0.39 is 23.5 Å². The molecule has 1 unspecified atom stereocenters. The molecular weight excluding hydrogens is 476 g/mol. The van der Waals surface area contributed by atoms with E-state index in [-0.39, 0.29) is 16.9 Å². The number of aryl methyl sites for hydroxylation is 1. The minimum absolute atomic E-state index is 0.0820. The Hall–Kier alpha value is -3.72. The lowest BCUT2D eigenvalue weighted by molar-refractivity contribution is -0.140. The lowest BCUT2D eigenvalue weighted by atomic mass is 9.94. The van der Waals surface area contributed by atoms with Crippen molar-refractivity contribution in [1.82, 2.24) is 9.80 Å². The van der Waals surface area contributed by atoms with Crippen molar-refractivity contribution >= 4 is 17.4 Å². The third-order valence-corrected chi connectivity index (χ3v) is 6.72. The third-order valence-electron chi connectivity index (χ3n) is 6.72. The summed E-state index contributed by atoms with van der Waals surface area (Å²) < 4.78 is 16.4. The summed E-state index contributed by atoms with van der Waals surface area (Å²) in [6, 6.07) is 7.11. The number of phenols is 1. The molecular formula is C28H36N2O7. The first-order valence-corrected chi connectivity index (χ1v) is 12.3. The van der Waals surface area contributed by atoms with Crippen molar-refractivity contribution in [3.8, 4) is 23.0 Å². The number of benzene rings is 2. The van der Waals surface area contributed by atoms with E-state index >= 15 is 0 Å². The van der Waals surface area contributed by atoms with E-state index in [4.69, 9.17) is 14.2 Å². The molecule has 0 aliphatic carbocycles. The number of aromatic hydroxyl groups is 1. The van der Waals surface area contributed by atoms with Crippen LogP contribution in [0.4, 0.5) is 0 Å². The lowest BCUT2D eigenvalue weighted by Gasteiger charge is -2.27. The van der Waals surface area contributed by atoms with Crippen molar-refractivity contribution in [1.29, 1.82) is 0 Å². The number of ether oxygens (including phenoxy) is 3. The van der Waals surface area contributed by atoms with Gasteiger partial charge in [0.2, 0.25) is 5.75 Å². The molecule has 3 rings (SSSR count). The fourth-order valence-electron chi connectivity index (χ4n) is 4.71. The van der Waals surface area contributed by atoms with Crippen LogP contribution in [0.3, 0.4) is 0 Å². The number of nitrogens with zero attached hydrogens (tertiary/aromatic N) is 2. The van der Waals surface area contributed by atoms with Gasteiger partial charge in [-0.05, 0) is 62.8 Å². The Morgan fingerprint density at radius 2 is 1.62 bits per heavy atom. The van der Waals surface area contributed by atoms with E-state index in [9.17, 15) is 19.8 Å². The van der Waals surface area contributed by atoms with Crippen LogP contribution >= 0.6 is 0 Å². The van der Waals surface area contributed by atoms with Crippen LogP contribution in [0.1, 0.15) is 43.0 Å². The normalized spacial score (nSPS) is 16.9. The Balaban J connectivity index is 2.21. The molecule has 2 aromatic rings. The Kier molecular flexibility index (Phi) is 9.04. The molecule has 200 valence electrons. The quantitative estimate of drug-likeness (QED) is 0.265. The van der Waals surface area contributed by atoms with Gasteiger partial charge in [-0.2, -0.15) is 0 Å². The van der Waals surface area contributed by atoms with E-state index in [0.29, 0.717) is 35.8 Å². The highest BCUT2D eigenvalue weighted by atomic mass is 16.5. The summed E-state index contributed by atoms with van der Waals surface area (Å²) in [4.78, 5) is 30.4. The maximum absolute atomic E-state index is 13.4. The fraction of sp³-hybridized carbons (Fsp3) is 0.429. The molecule has 1 amide bonds. The molecule has 0 spiro atoms. The molecule has 0 saturated carbocycles. The smallest absolute Gasteiger partial charge is 0.295 e. The van der Waals surface area contributed by atoms with Crippen molar-refractivity contribution < 1.29 is 34.0 Å². The van der Waals surface area contributed by atoms with Crippen molar-refractivity contribution in [2.24, 2.45) is 0 Å². The summed E-state index contributed by atoms with van der Waals surface area (Å²) in [6.45, 7) is 8.73. The standard InChI is InChI=1S/C28H36N2O7/c1-7-29(8-2)12-9-13-30-24(18-15-21(35-4)27(37-6)22(16-18)36-5)23(26(33)28(30)34)25(32)19-14-17(3)10-11-20(19)31/h10-11,14-16,24,31-32H,7-9,12-13H2,1-6H3/b25-23+. The van der Waals surface area contributed by atoms with Crippen LogP contribution in [0.5, 0.6) is 23.0 Å². The van der Waals surface area contributed by atoms with Crippen molar-refractivity contribution in [2.75, 3.05) is 47.5 Å². The van der Waals surface area contributed by atoms with Crippen LogP contribution in [-0.2, 0) is 9.59 Å². The summed E-state index contributed by atoms with van der Waals surface area (Å²) >= 11 is 0. The number of carbonyl (C=O) groups excluding carboxylic acids is 2. The van der Waals surface area contributed by atoms with Crippen LogP contribution in [0.15, 0.2) is 35.9 Å². The summed E-state index contributed by atoms with van der Waals surface area (Å²) in [6.07, 6.45) is 0.630. The van der Waals surface area contributed by atoms with Gasteiger partial charge in [0.05, 0.1) is 38.5 Å². The van der Waals surface area contributed by atoms with Crippen LogP contribution < -0.4 is 14.2 Å². The topological polar surface area (TPSA) is 109 Å². The molecule has 1 saturated heterocycles. The molecule has 37 heavy (non-hydrogen) atoms. The predicted octanol–water partition coefficient (Wildman–Crippen LogP) is 3.88. The molecule has 1 atom stereocenters. The first-order valence-electron chi connectivity index (χ1n) is 12.3. The molecule has 9 heteroatoms. The number of aliphatic hydroxyl groups is 1. The number of likely N-dealkylation sites (tertiary alicyclic amines) is 1. The lowest BCUT2D eigenvalue weighted by Crippen LogP contribution is -2.33. The van der Waals surface area contributed by atoms with Gasteiger partial charge in [0.25, 0.3) is 11.7 Å². The van der Waals surface area contributed by atoms with Gasteiger partial charge in [0.15, 0.2) is 11.5 Å². The highest BCUT2D eigenvalue weighted by molar-refractivity contribution is 6.46. The largest absolute Gasteiger partial charge is 0.507 e. The van der Waals surface area contributed by atoms with Gasteiger partial charge in [0.1, 0.15) is 11.5 Å². The van der Waals surface area contributed by atoms with Crippen LogP contribution in [0.25, 0.3) is 5.76 Å². The number of carbonyl (C=O) groups is 2. The second-order valence-corrected chi connectivity index (χ2v) is 8.85. The van der Waals surface area contributed by atoms with E-state index in [1.54, 1.807) is 31.2 Å². The molecule has 0 aromatic heterocycles. The van der Waals surface area contributed by atoms with Gasteiger partial charge in [-0.3, -0.25) is 9.59 Å². The number of Topliss-reactive ketones (excluding diaryl/α,β-unsaturated/α-hetero) is 1. The fourth-order valence-corrected chi connectivity index (χ4v) is 4.71. The maximum atomic E-state index is 13.4. The summed E-state index contributed by atoms with van der Waals surface area (Å²) in [5, 5.41) is 21.8. The van der Waals surface area contributed by atoms with Crippen molar-refractivity contribution in [3.05, 3.63) is 52.6 Å². The highest BCUT2D eigenvalue weighted by Crippen LogP contribution is 2.46. The number of rotatable bonds is 11. The third kappa shape index (κ3) is 5.51. The van der Waals surface area contributed by atoms with E-state index in [1.165, 1.54) is 32.3 Å². The second-order valence-electron chi connectivity index (χ2n) is 8.85. The predicted molar refractivity (Wildman–Crippen MR) is 140 cm³/mol. The molecule has 2 N–H and O–H groups in total. The van der Waals surface area contributed by atoms with Gasteiger partial charge < -0.3 is 34.2 Å². The summed E-state index contributed by atoms with van der Waals surface area (Å²) in [5.41, 5.74) is 1.25. The summed E-state index contributed by atoms with van der Waals surface area (Å²) in [7, 11) is 4.44. The zero-order valence-corrected chi connectivity index (χ0v) is 22.3. The van der Waals surface area contributed by atoms with E-state index in [1.807, 2.05) is 0 Å². The van der Waals surface area contributed by atoms with Gasteiger partial charge in [-0.1, -0.05) is 25.5 Å². The van der Waals surface area contributed by atoms with Crippen LogP contribution in [0.2, 0.25) is 0 Å². The minimum atomic E-state index is -0.926. The van der Waals surface area contributed by atoms with E-state index in [2.05, 4.69) is 18.7 Å². The average molecular weight is 513 g/mol. The SMILES string of the molecule is CCN(CC)CCCN1C(=O)C(=O)/C(=C(/O)c2cc(C)ccc2O)C1c1cc(OC)c(OC)c(OC)c1. The van der Waals surface area contributed by atoms with Gasteiger partial charge in [0, 0.05) is 6.54 Å². The van der Waals surface area contributed by atoms with Gasteiger partial charge >= 0.3 is 0 Å². The molecule has 0 radical (unpaired) electrons. The molecule has 9 nitrogen and oxygen atoms in total. The number of amides is 1. The Morgan fingerprint density at radius 3 is 2.16 bits per heavy atom. The Labute approximate surface area is 217 Å². The minimum Gasteiger partial charge on any atom is -0.507 e. The number of phenolic OH excluding ortho intramolecular Hbond substituents is 1. The Morgan fingerprint density at radius 1 is 1.00 bits per heavy atom. The molecule has 1 heterocycles. The van der Waals surface area contributed by atoms with Gasteiger partial charge in [-0.25, -0.2) is 0 Å².